The molecule has 0 saturated heterocycles. The number of benzene rings is 1. The first-order chi connectivity index (χ1) is 13.1. The van der Waals surface area contributed by atoms with Crippen molar-refractivity contribution >= 4 is 17.7 Å². The van der Waals surface area contributed by atoms with Gasteiger partial charge in [0.25, 0.3) is 5.91 Å². The summed E-state index contributed by atoms with van der Waals surface area (Å²) in [5.74, 6) is -0.128. The van der Waals surface area contributed by atoms with Gasteiger partial charge in [-0.25, -0.2) is 0 Å². The zero-order valence-corrected chi connectivity index (χ0v) is 15.5. The topological polar surface area (TPSA) is 76.6 Å². The van der Waals surface area contributed by atoms with Gasteiger partial charge >= 0.3 is 0 Å². The largest absolute Gasteiger partial charge is 0.393 e. The molecule has 1 amide bonds. The number of nitrogens with zero attached hydrogens (tertiary/aromatic N) is 1. The van der Waals surface area contributed by atoms with E-state index < -0.39 is 0 Å². The number of amides is 1. The summed E-state index contributed by atoms with van der Waals surface area (Å²) >= 11 is 0. The Morgan fingerprint density at radius 1 is 1.30 bits per heavy atom. The van der Waals surface area contributed by atoms with Crippen LogP contribution in [0.5, 0.6) is 0 Å². The van der Waals surface area contributed by atoms with E-state index in [0.717, 1.165) is 48.3 Å². The smallest absolute Gasteiger partial charge is 0.258 e. The SMILES string of the molecule is C=Cc1cccc2c1C(=O)NC1=CNC(NC3CCC(O)CC3)C=C1N2C. The third kappa shape index (κ3) is 3.38. The first-order valence-electron chi connectivity index (χ1n) is 9.50. The summed E-state index contributed by atoms with van der Waals surface area (Å²) in [7, 11) is 1.98. The lowest BCUT2D eigenvalue weighted by atomic mass is 9.93. The van der Waals surface area contributed by atoms with Crippen molar-refractivity contribution < 1.29 is 9.90 Å². The number of nitrogens with one attached hydrogen (secondary N) is 3. The molecule has 6 heteroatoms. The van der Waals surface area contributed by atoms with Crippen molar-refractivity contribution in [3.8, 4) is 0 Å². The summed E-state index contributed by atoms with van der Waals surface area (Å²) < 4.78 is 0. The first-order valence-corrected chi connectivity index (χ1v) is 9.50. The maximum atomic E-state index is 12.8. The average molecular weight is 366 g/mol. The third-order valence-corrected chi connectivity index (χ3v) is 5.61. The van der Waals surface area contributed by atoms with Crippen LogP contribution in [-0.2, 0) is 0 Å². The van der Waals surface area contributed by atoms with Crippen LogP contribution in [0.2, 0.25) is 0 Å². The Balaban J connectivity index is 1.61. The summed E-state index contributed by atoms with van der Waals surface area (Å²) in [6, 6.07) is 6.18. The van der Waals surface area contributed by atoms with Gasteiger partial charge in [0.15, 0.2) is 0 Å². The molecule has 1 fully saturated rings. The van der Waals surface area contributed by atoms with E-state index in [2.05, 4.69) is 28.6 Å². The molecule has 2 aliphatic heterocycles. The second kappa shape index (κ2) is 7.21. The fourth-order valence-electron chi connectivity index (χ4n) is 4.10. The molecule has 1 atom stereocenters. The Morgan fingerprint density at radius 3 is 2.81 bits per heavy atom. The van der Waals surface area contributed by atoms with Crippen LogP contribution >= 0.6 is 0 Å². The molecule has 2 heterocycles. The van der Waals surface area contributed by atoms with Gasteiger partial charge in [0.2, 0.25) is 0 Å². The van der Waals surface area contributed by atoms with Crippen molar-refractivity contribution in [3.05, 3.63) is 59.6 Å². The molecule has 0 spiro atoms. The normalized spacial score (nSPS) is 27.3. The number of carbonyl (C=O) groups excluding carboxylic acids is 1. The van der Waals surface area contributed by atoms with E-state index in [1.807, 2.05) is 36.3 Å². The van der Waals surface area contributed by atoms with Crippen LogP contribution in [-0.4, -0.2) is 36.4 Å². The highest BCUT2D eigenvalue weighted by atomic mass is 16.3. The molecule has 1 aromatic rings. The number of hydrogen-bond acceptors (Lipinski definition) is 5. The van der Waals surface area contributed by atoms with E-state index >= 15 is 0 Å². The molecule has 1 aliphatic carbocycles. The summed E-state index contributed by atoms with van der Waals surface area (Å²) in [6.45, 7) is 3.83. The lowest BCUT2D eigenvalue weighted by molar-refractivity contribution is 0.0968. The maximum Gasteiger partial charge on any atom is 0.258 e. The second-order valence-electron chi connectivity index (χ2n) is 7.39. The highest BCUT2D eigenvalue weighted by Gasteiger charge is 2.30. The average Bonchev–Trinajstić information content (AvgIpc) is 2.79. The predicted octanol–water partition coefficient (Wildman–Crippen LogP) is 2.06. The van der Waals surface area contributed by atoms with Crippen LogP contribution in [0.3, 0.4) is 0 Å². The number of anilines is 1. The Hall–Kier alpha value is -2.57. The van der Waals surface area contributed by atoms with E-state index in [9.17, 15) is 9.90 Å². The number of aliphatic hydroxyl groups excluding tert-OH is 1. The summed E-state index contributed by atoms with van der Waals surface area (Å²) in [6.07, 6.45) is 9.12. The molecular weight excluding hydrogens is 340 g/mol. The van der Waals surface area contributed by atoms with Crippen molar-refractivity contribution in [3.63, 3.8) is 0 Å². The van der Waals surface area contributed by atoms with E-state index in [0.29, 0.717) is 11.6 Å². The van der Waals surface area contributed by atoms with Crippen LogP contribution in [0, 0.1) is 0 Å². The molecule has 27 heavy (non-hydrogen) atoms. The molecule has 1 aromatic carbocycles. The highest BCUT2D eigenvalue weighted by Crippen LogP contribution is 2.32. The third-order valence-electron chi connectivity index (χ3n) is 5.61. The lowest BCUT2D eigenvalue weighted by Crippen LogP contribution is -2.48. The van der Waals surface area contributed by atoms with Crippen LogP contribution in [0.15, 0.2) is 48.4 Å². The fourth-order valence-corrected chi connectivity index (χ4v) is 4.10. The van der Waals surface area contributed by atoms with Gasteiger partial charge in [-0.2, -0.15) is 0 Å². The molecule has 3 aliphatic rings. The molecule has 4 N–H and O–H groups in total. The molecule has 0 radical (unpaired) electrons. The monoisotopic (exact) mass is 366 g/mol. The van der Waals surface area contributed by atoms with Gasteiger partial charge in [0, 0.05) is 19.3 Å². The second-order valence-corrected chi connectivity index (χ2v) is 7.39. The van der Waals surface area contributed by atoms with Crippen molar-refractivity contribution in [1.29, 1.82) is 0 Å². The minimum Gasteiger partial charge on any atom is -0.393 e. The van der Waals surface area contributed by atoms with Gasteiger partial charge in [-0.15, -0.1) is 0 Å². The van der Waals surface area contributed by atoms with Gasteiger partial charge in [-0.05, 0) is 43.4 Å². The molecular formula is C21H26N4O2. The maximum absolute atomic E-state index is 12.8. The summed E-state index contributed by atoms with van der Waals surface area (Å²) in [5, 5.41) is 19.6. The minimum atomic E-state index is -0.161. The van der Waals surface area contributed by atoms with Crippen LogP contribution in [0.4, 0.5) is 5.69 Å². The van der Waals surface area contributed by atoms with E-state index in [4.69, 9.17) is 0 Å². The number of carbonyl (C=O) groups is 1. The quantitative estimate of drug-likeness (QED) is 0.659. The predicted molar refractivity (Wildman–Crippen MR) is 107 cm³/mol. The first kappa shape index (κ1) is 17.8. The zero-order valence-electron chi connectivity index (χ0n) is 15.5. The zero-order chi connectivity index (χ0) is 19.0. The molecule has 1 unspecified atom stereocenters. The number of likely N-dealkylation sites (N-methyl/N-ethyl adjacent to an activating group) is 1. The fraction of sp³-hybridized carbons (Fsp3) is 0.381. The highest BCUT2D eigenvalue weighted by molar-refractivity contribution is 6.05. The van der Waals surface area contributed by atoms with Gasteiger partial charge in [-0.3, -0.25) is 10.1 Å². The summed E-state index contributed by atoms with van der Waals surface area (Å²) in [4.78, 5) is 14.8. The van der Waals surface area contributed by atoms with Crippen LogP contribution in [0.1, 0.15) is 41.6 Å². The minimum absolute atomic E-state index is 0.0209. The number of dihydropyridines is 1. The van der Waals surface area contributed by atoms with Crippen molar-refractivity contribution in [1.82, 2.24) is 16.0 Å². The molecule has 1 saturated carbocycles. The van der Waals surface area contributed by atoms with Crippen molar-refractivity contribution in [2.24, 2.45) is 0 Å². The Bertz CT molecular complexity index is 821. The van der Waals surface area contributed by atoms with Crippen molar-refractivity contribution in [2.45, 2.75) is 44.0 Å². The van der Waals surface area contributed by atoms with E-state index in [-0.39, 0.29) is 18.2 Å². The Kier molecular flexibility index (Phi) is 4.76. The van der Waals surface area contributed by atoms with Gasteiger partial charge in [-0.1, -0.05) is 24.8 Å². The molecule has 0 aromatic heterocycles. The molecule has 4 rings (SSSR count). The van der Waals surface area contributed by atoms with Crippen LogP contribution < -0.4 is 20.9 Å². The standard InChI is InChI=1S/C21H26N4O2/c1-3-13-5-4-6-17-20(13)21(27)24-16-12-22-19(11-18(16)25(17)2)23-14-7-9-15(26)10-8-14/h3-6,11-12,14-15,19,22-23,26H,1,7-10H2,2H3,(H,24,27). The lowest BCUT2D eigenvalue weighted by Gasteiger charge is -2.33. The number of aliphatic hydroxyl groups is 1. The molecule has 0 bridgehead atoms. The van der Waals surface area contributed by atoms with Gasteiger partial charge in [0.1, 0.15) is 0 Å². The summed E-state index contributed by atoms with van der Waals surface area (Å²) in [5.41, 5.74) is 4.03. The van der Waals surface area contributed by atoms with Gasteiger partial charge < -0.3 is 20.6 Å². The van der Waals surface area contributed by atoms with E-state index in [1.54, 1.807) is 6.08 Å². The Morgan fingerprint density at radius 2 is 2.07 bits per heavy atom. The van der Waals surface area contributed by atoms with E-state index in [1.165, 1.54) is 0 Å². The Labute approximate surface area is 159 Å². The van der Waals surface area contributed by atoms with Crippen molar-refractivity contribution in [2.75, 3.05) is 11.9 Å². The molecule has 6 nitrogen and oxygen atoms in total. The number of hydrogen-bond donors (Lipinski definition) is 4. The van der Waals surface area contributed by atoms with Crippen LogP contribution in [0.25, 0.3) is 6.08 Å². The number of rotatable bonds is 3. The van der Waals surface area contributed by atoms with Gasteiger partial charge in [0.05, 0.1) is 34.9 Å². The molecule has 142 valence electrons. The number of fused-ring (bicyclic) bond motifs is 2.